The fraction of sp³-hybridized carbons (Fsp3) is 0.538. The van der Waals surface area contributed by atoms with Gasteiger partial charge in [-0.2, -0.15) is 0 Å². The Kier molecular flexibility index (Phi) is 4.59. The largest absolute Gasteiger partial charge is 0.487 e. The van der Waals surface area contributed by atoms with E-state index in [1.54, 1.807) is 13.2 Å². The molecule has 0 bridgehead atoms. The molecule has 3 nitrogen and oxygen atoms in total. The van der Waals surface area contributed by atoms with Crippen LogP contribution in [-0.4, -0.2) is 31.9 Å². The van der Waals surface area contributed by atoms with E-state index in [2.05, 4.69) is 28.2 Å². The molecule has 100 valence electrons. The average molecular weight is 318 g/mol. The smallest absolute Gasteiger partial charge is 0.128 e. The van der Waals surface area contributed by atoms with Gasteiger partial charge in [0.1, 0.15) is 23.8 Å². The van der Waals surface area contributed by atoms with Gasteiger partial charge in [-0.1, -0.05) is 22.9 Å². The molecule has 0 aliphatic heterocycles. The van der Waals surface area contributed by atoms with Crippen LogP contribution in [0.3, 0.4) is 0 Å². The summed E-state index contributed by atoms with van der Waals surface area (Å²) in [4.78, 5) is 0. The van der Waals surface area contributed by atoms with Crippen molar-refractivity contribution in [1.29, 1.82) is 0 Å². The molecule has 3 unspecified atom stereocenters. The van der Waals surface area contributed by atoms with Crippen molar-refractivity contribution in [1.82, 2.24) is 5.32 Å². The fourth-order valence-corrected chi connectivity index (χ4v) is 2.69. The maximum atomic E-state index is 13.2. The summed E-state index contributed by atoms with van der Waals surface area (Å²) in [7, 11) is 1.67. The number of hydrogen-bond donors (Lipinski definition) is 1. The van der Waals surface area contributed by atoms with Gasteiger partial charge in [0, 0.05) is 30.1 Å². The number of methoxy groups -OCH3 is 1. The molecule has 1 aromatic rings. The summed E-state index contributed by atoms with van der Waals surface area (Å²) in [5, 5.41) is 3.33. The molecule has 1 aliphatic rings. The lowest BCUT2D eigenvalue weighted by molar-refractivity contribution is -0.0884. The second-order valence-corrected chi connectivity index (χ2v) is 5.28. The highest BCUT2D eigenvalue weighted by molar-refractivity contribution is 9.10. The maximum absolute atomic E-state index is 13.2. The van der Waals surface area contributed by atoms with Crippen LogP contribution >= 0.6 is 15.9 Å². The highest BCUT2D eigenvalue weighted by atomic mass is 79.9. The Morgan fingerprint density at radius 1 is 1.44 bits per heavy atom. The number of hydrogen-bond acceptors (Lipinski definition) is 3. The summed E-state index contributed by atoms with van der Waals surface area (Å²) in [5.74, 6) is 0.222. The Labute approximate surface area is 115 Å². The number of nitrogens with one attached hydrogen (secondary N) is 1. The van der Waals surface area contributed by atoms with Gasteiger partial charge in [-0.05, 0) is 18.7 Å². The van der Waals surface area contributed by atoms with Crippen molar-refractivity contribution in [2.45, 2.75) is 31.6 Å². The molecule has 1 N–H and O–H groups in total. The van der Waals surface area contributed by atoms with Crippen LogP contribution in [0.5, 0.6) is 5.75 Å². The SMILES string of the molecule is CCNC1CC(Oc2cc(F)cc(Br)c2)C1OC. The van der Waals surface area contributed by atoms with Gasteiger partial charge in [-0.3, -0.25) is 0 Å². The molecule has 3 atom stereocenters. The van der Waals surface area contributed by atoms with E-state index in [1.165, 1.54) is 12.1 Å². The number of halogens is 2. The Morgan fingerprint density at radius 2 is 2.22 bits per heavy atom. The van der Waals surface area contributed by atoms with Crippen molar-refractivity contribution in [3.63, 3.8) is 0 Å². The third-order valence-electron chi connectivity index (χ3n) is 3.11. The summed E-state index contributed by atoms with van der Waals surface area (Å²) >= 11 is 3.25. The maximum Gasteiger partial charge on any atom is 0.128 e. The quantitative estimate of drug-likeness (QED) is 0.905. The van der Waals surface area contributed by atoms with Crippen molar-refractivity contribution in [3.8, 4) is 5.75 Å². The zero-order chi connectivity index (χ0) is 13.1. The van der Waals surface area contributed by atoms with E-state index in [0.29, 0.717) is 16.3 Å². The second-order valence-electron chi connectivity index (χ2n) is 4.36. The first kappa shape index (κ1) is 13.8. The summed E-state index contributed by atoms with van der Waals surface area (Å²) < 4.78 is 25.1. The molecule has 0 spiro atoms. The number of likely N-dealkylation sites (N-methyl/N-ethyl adjacent to an activating group) is 1. The van der Waals surface area contributed by atoms with Crippen LogP contribution in [0, 0.1) is 5.82 Å². The molecule has 0 saturated heterocycles. The first-order chi connectivity index (χ1) is 8.63. The lowest BCUT2D eigenvalue weighted by Crippen LogP contribution is -2.60. The van der Waals surface area contributed by atoms with E-state index < -0.39 is 0 Å². The van der Waals surface area contributed by atoms with Crippen molar-refractivity contribution >= 4 is 15.9 Å². The van der Waals surface area contributed by atoms with Crippen LogP contribution in [0.1, 0.15) is 13.3 Å². The standard InChI is InChI=1S/C13H17BrFNO2/c1-3-16-11-7-12(13(11)17-2)18-10-5-8(14)4-9(15)6-10/h4-6,11-13,16H,3,7H2,1-2H3. The molecule has 1 fully saturated rings. The van der Waals surface area contributed by atoms with Crippen LogP contribution in [0.2, 0.25) is 0 Å². The second kappa shape index (κ2) is 5.99. The zero-order valence-electron chi connectivity index (χ0n) is 10.5. The minimum Gasteiger partial charge on any atom is -0.487 e. The third kappa shape index (κ3) is 3.02. The van der Waals surface area contributed by atoms with Gasteiger partial charge in [-0.25, -0.2) is 4.39 Å². The molecule has 18 heavy (non-hydrogen) atoms. The summed E-state index contributed by atoms with van der Waals surface area (Å²) in [6.45, 7) is 2.97. The van der Waals surface area contributed by atoms with Gasteiger partial charge < -0.3 is 14.8 Å². The van der Waals surface area contributed by atoms with E-state index in [0.717, 1.165) is 13.0 Å². The van der Waals surface area contributed by atoms with Crippen molar-refractivity contribution in [2.24, 2.45) is 0 Å². The van der Waals surface area contributed by atoms with Gasteiger partial charge in [0.05, 0.1) is 0 Å². The van der Waals surface area contributed by atoms with Gasteiger partial charge in [0.15, 0.2) is 0 Å². The molecular weight excluding hydrogens is 301 g/mol. The monoisotopic (exact) mass is 317 g/mol. The first-order valence-electron chi connectivity index (χ1n) is 6.03. The van der Waals surface area contributed by atoms with Crippen LogP contribution < -0.4 is 10.1 Å². The Morgan fingerprint density at radius 3 is 2.83 bits per heavy atom. The molecule has 0 aromatic heterocycles. The van der Waals surface area contributed by atoms with Crippen LogP contribution in [-0.2, 0) is 4.74 Å². The van der Waals surface area contributed by atoms with E-state index in [-0.39, 0.29) is 18.0 Å². The molecule has 1 saturated carbocycles. The van der Waals surface area contributed by atoms with Gasteiger partial charge in [0.2, 0.25) is 0 Å². The minimum atomic E-state index is -0.309. The molecule has 2 rings (SSSR count). The minimum absolute atomic E-state index is 0.0204. The normalized spacial score (nSPS) is 26.8. The summed E-state index contributed by atoms with van der Waals surface area (Å²) in [6, 6.07) is 4.87. The highest BCUT2D eigenvalue weighted by Gasteiger charge is 2.42. The van der Waals surface area contributed by atoms with E-state index in [1.807, 2.05) is 0 Å². The molecule has 0 heterocycles. The predicted octanol–water partition coefficient (Wildman–Crippen LogP) is 2.73. The van der Waals surface area contributed by atoms with Gasteiger partial charge >= 0.3 is 0 Å². The molecule has 0 amide bonds. The van der Waals surface area contributed by atoms with Crippen LogP contribution in [0.15, 0.2) is 22.7 Å². The molecule has 1 aromatic carbocycles. The van der Waals surface area contributed by atoms with Crippen molar-refractivity contribution in [2.75, 3.05) is 13.7 Å². The van der Waals surface area contributed by atoms with E-state index in [9.17, 15) is 4.39 Å². The first-order valence-corrected chi connectivity index (χ1v) is 6.82. The number of benzene rings is 1. The lowest BCUT2D eigenvalue weighted by atomic mass is 9.85. The van der Waals surface area contributed by atoms with Crippen LogP contribution in [0.25, 0.3) is 0 Å². The van der Waals surface area contributed by atoms with Crippen molar-refractivity contribution < 1.29 is 13.9 Å². The summed E-state index contributed by atoms with van der Waals surface area (Å²) in [6.07, 6.45) is 0.875. The highest BCUT2D eigenvalue weighted by Crippen LogP contribution is 2.30. The van der Waals surface area contributed by atoms with Crippen LogP contribution in [0.4, 0.5) is 4.39 Å². The van der Waals surface area contributed by atoms with Gasteiger partial charge in [-0.15, -0.1) is 0 Å². The lowest BCUT2D eigenvalue weighted by Gasteiger charge is -2.43. The average Bonchev–Trinajstić information content (AvgIpc) is 2.26. The van der Waals surface area contributed by atoms with E-state index >= 15 is 0 Å². The molecule has 0 radical (unpaired) electrons. The van der Waals surface area contributed by atoms with Gasteiger partial charge in [0.25, 0.3) is 0 Å². The fourth-order valence-electron chi connectivity index (χ4n) is 2.25. The third-order valence-corrected chi connectivity index (χ3v) is 3.57. The van der Waals surface area contributed by atoms with Crippen molar-refractivity contribution in [3.05, 3.63) is 28.5 Å². The van der Waals surface area contributed by atoms with E-state index in [4.69, 9.17) is 9.47 Å². The number of rotatable bonds is 5. The summed E-state index contributed by atoms with van der Waals surface area (Å²) in [5.41, 5.74) is 0. The Balaban J connectivity index is 1.98. The Bertz CT molecular complexity index is 396. The predicted molar refractivity (Wildman–Crippen MR) is 71.4 cm³/mol. The zero-order valence-corrected chi connectivity index (χ0v) is 12.0. The Hall–Kier alpha value is -0.650. The molecule has 5 heteroatoms. The molecular formula is C13H17BrFNO2. The topological polar surface area (TPSA) is 30.5 Å². The number of ether oxygens (including phenoxy) is 2. The molecule has 1 aliphatic carbocycles.